The third kappa shape index (κ3) is 4.91. The lowest BCUT2D eigenvalue weighted by Gasteiger charge is -2.14. The Labute approximate surface area is 74.2 Å². The molecule has 12 heavy (non-hydrogen) atoms. The van der Waals surface area contributed by atoms with Gasteiger partial charge in [-0.3, -0.25) is 4.79 Å². The van der Waals surface area contributed by atoms with Crippen LogP contribution in [0.15, 0.2) is 11.6 Å². The highest BCUT2D eigenvalue weighted by Crippen LogP contribution is 1.94. The van der Waals surface area contributed by atoms with Crippen LogP contribution >= 0.6 is 0 Å². The molecule has 0 aliphatic heterocycles. The molecule has 0 aromatic heterocycles. The van der Waals surface area contributed by atoms with E-state index in [0.717, 1.165) is 18.5 Å². The fraction of sp³-hybridized carbons (Fsp3) is 0.667. The van der Waals surface area contributed by atoms with Crippen LogP contribution in [-0.2, 0) is 4.79 Å². The molecule has 3 nitrogen and oxygen atoms in total. The van der Waals surface area contributed by atoms with Crippen molar-refractivity contribution in [2.45, 2.75) is 20.3 Å². The Hall–Kier alpha value is -0.830. The SMILES string of the molecule is CC(C)=CC(=O)N(C)CCCN. The molecule has 0 saturated carbocycles. The Balaban J connectivity index is 3.85. The molecular weight excluding hydrogens is 152 g/mol. The summed E-state index contributed by atoms with van der Waals surface area (Å²) < 4.78 is 0. The first-order valence-electron chi connectivity index (χ1n) is 4.18. The number of amides is 1. The van der Waals surface area contributed by atoms with Crippen molar-refractivity contribution in [3.63, 3.8) is 0 Å². The molecule has 1 amide bonds. The van der Waals surface area contributed by atoms with Crippen molar-refractivity contribution in [2.75, 3.05) is 20.1 Å². The lowest BCUT2D eigenvalue weighted by Crippen LogP contribution is -2.27. The van der Waals surface area contributed by atoms with Gasteiger partial charge < -0.3 is 10.6 Å². The summed E-state index contributed by atoms with van der Waals surface area (Å²) in [5.74, 6) is 0.0588. The van der Waals surface area contributed by atoms with Crippen LogP contribution in [0.25, 0.3) is 0 Å². The van der Waals surface area contributed by atoms with Gasteiger partial charge in [-0.15, -0.1) is 0 Å². The molecule has 0 heterocycles. The number of nitrogens with zero attached hydrogens (tertiary/aromatic N) is 1. The zero-order chi connectivity index (χ0) is 9.56. The summed E-state index contributed by atoms with van der Waals surface area (Å²) in [7, 11) is 1.79. The predicted octanol–water partition coefficient (Wildman–Crippen LogP) is 0.760. The molecule has 0 saturated heterocycles. The molecule has 0 aliphatic rings. The van der Waals surface area contributed by atoms with E-state index in [0.29, 0.717) is 6.54 Å². The number of hydrogen-bond donors (Lipinski definition) is 1. The van der Waals surface area contributed by atoms with E-state index in [-0.39, 0.29) is 5.91 Å². The first kappa shape index (κ1) is 11.2. The second kappa shape index (κ2) is 5.77. The van der Waals surface area contributed by atoms with Crippen LogP contribution in [0.5, 0.6) is 0 Å². The minimum absolute atomic E-state index is 0.0588. The molecule has 0 aromatic rings. The molecule has 0 rings (SSSR count). The number of nitrogens with two attached hydrogens (primary N) is 1. The quantitative estimate of drug-likeness (QED) is 0.633. The lowest BCUT2D eigenvalue weighted by atomic mass is 10.3. The smallest absolute Gasteiger partial charge is 0.246 e. The average Bonchev–Trinajstić information content (AvgIpc) is 1.98. The normalized spacial score (nSPS) is 9.33. The fourth-order valence-corrected chi connectivity index (χ4v) is 0.796. The van der Waals surface area contributed by atoms with E-state index in [2.05, 4.69) is 0 Å². The number of likely N-dealkylation sites (N-methyl/N-ethyl adjacent to an activating group) is 1. The summed E-state index contributed by atoms with van der Waals surface area (Å²) in [4.78, 5) is 12.9. The predicted molar refractivity (Wildman–Crippen MR) is 50.7 cm³/mol. The fourth-order valence-electron chi connectivity index (χ4n) is 0.796. The number of carbonyl (C=O) groups excluding carboxylic acids is 1. The van der Waals surface area contributed by atoms with Crippen molar-refractivity contribution >= 4 is 5.91 Å². The van der Waals surface area contributed by atoms with E-state index >= 15 is 0 Å². The van der Waals surface area contributed by atoms with Crippen molar-refractivity contribution < 1.29 is 4.79 Å². The van der Waals surface area contributed by atoms with Crippen molar-refractivity contribution in [1.82, 2.24) is 4.90 Å². The van der Waals surface area contributed by atoms with Crippen molar-refractivity contribution in [3.8, 4) is 0 Å². The lowest BCUT2D eigenvalue weighted by molar-refractivity contribution is -0.124. The molecule has 3 heteroatoms. The maximum Gasteiger partial charge on any atom is 0.246 e. The van der Waals surface area contributed by atoms with Gasteiger partial charge in [-0.05, 0) is 26.8 Å². The molecular formula is C9H18N2O. The van der Waals surface area contributed by atoms with E-state index in [1.165, 1.54) is 0 Å². The highest BCUT2D eigenvalue weighted by molar-refractivity contribution is 5.87. The summed E-state index contributed by atoms with van der Waals surface area (Å²) in [6.07, 6.45) is 2.50. The second-order valence-electron chi connectivity index (χ2n) is 3.12. The van der Waals surface area contributed by atoms with Crippen LogP contribution < -0.4 is 5.73 Å². The number of rotatable bonds is 4. The molecule has 2 N–H and O–H groups in total. The molecule has 0 spiro atoms. The molecule has 0 atom stereocenters. The highest BCUT2D eigenvalue weighted by Gasteiger charge is 2.02. The molecule has 0 aromatic carbocycles. The highest BCUT2D eigenvalue weighted by atomic mass is 16.2. The second-order valence-corrected chi connectivity index (χ2v) is 3.12. The first-order valence-corrected chi connectivity index (χ1v) is 4.18. The molecule has 0 fully saturated rings. The summed E-state index contributed by atoms with van der Waals surface area (Å²) in [6, 6.07) is 0. The van der Waals surface area contributed by atoms with Crippen LogP contribution in [0.2, 0.25) is 0 Å². The Morgan fingerprint density at radius 3 is 2.50 bits per heavy atom. The van der Waals surface area contributed by atoms with Crippen LogP contribution in [-0.4, -0.2) is 30.9 Å². The van der Waals surface area contributed by atoms with Gasteiger partial charge in [-0.1, -0.05) is 5.57 Å². The third-order valence-corrected chi connectivity index (χ3v) is 1.49. The van der Waals surface area contributed by atoms with Gasteiger partial charge in [-0.2, -0.15) is 0 Å². The molecule has 0 radical (unpaired) electrons. The number of allylic oxidation sites excluding steroid dienone is 1. The largest absolute Gasteiger partial charge is 0.342 e. The monoisotopic (exact) mass is 170 g/mol. The van der Waals surface area contributed by atoms with Gasteiger partial charge in [0.25, 0.3) is 0 Å². The summed E-state index contributed by atoms with van der Waals surface area (Å²) in [5.41, 5.74) is 6.35. The van der Waals surface area contributed by atoms with Crippen LogP contribution in [0.3, 0.4) is 0 Å². The maximum atomic E-state index is 11.3. The first-order chi connectivity index (χ1) is 5.57. The summed E-state index contributed by atoms with van der Waals surface area (Å²) in [5, 5.41) is 0. The van der Waals surface area contributed by atoms with Crippen LogP contribution in [0.4, 0.5) is 0 Å². The van der Waals surface area contributed by atoms with E-state index in [9.17, 15) is 4.79 Å². The minimum Gasteiger partial charge on any atom is -0.342 e. The van der Waals surface area contributed by atoms with E-state index in [1.807, 2.05) is 13.8 Å². The van der Waals surface area contributed by atoms with E-state index in [1.54, 1.807) is 18.0 Å². The van der Waals surface area contributed by atoms with Gasteiger partial charge in [0.15, 0.2) is 0 Å². The van der Waals surface area contributed by atoms with Gasteiger partial charge in [0.2, 0.25) is 5.91 Å². The molecule has 0 unspecified atom stereocenters. The van der Waals surface area contributed by atoms with Gasteiger partial charge in [-0.25, -0.2) is 0 Å². The standard InChI is InChI=1S/C9H18N2O/c1-8(2)7-9(12)11(3)6-4-5-10/h7H,4-6,10H2,1-3H3. The number of hydrogen-bond acceptors (Lipinski definition) is 2. The van der Waals surface area contributed by atoms with Gasteiger partial charge in [0, 0.05) is 19.7 Å². The Kier molecular flexibility index (Phi) is 5.37. The minimum atomic E-state index is 0.0588. The molecule has 0 bridgehead atoms. The Morgan fingerprint density at radius 2 is 2.08 bits per heavy atom. The topological polar surface area (TPSA) is 46.3 Å². The van der Waals surface area contributed by atoms with Crippen molar-refractivity contribution in [1.29, 1.82) is 0 Å². The zero-order valence-electron chi connectivity index (χ0n) is 8.13. The third-order valence-electron chi connectivity index (χ3n) is 1.49. The van der Waals surface area contributed by atoms with E-state index in [4.69, 9.17) is 5.73 Å². The zero-order valence-corrected chi connectivity index (χ0v) is 8.13. The number of carbonyl (C=O) groups is 1. The average molecular weight is 170 g/mol. The van der Waals surface area contributed by atoms with E-state index < -0.39 is 0 Å². The van der Waals surface area contributed by atoms with Crippen molar-refractivity contribution in [3.05, 3.63) is 11.6 Å². The van der Waals surface area contributed by atoms with Gasteiger partial charge in [0.05, 0.1) is 0 Å². The molecule has 0 aliphatic carbocycles. The Morgan fingerprint density at radius 1 is 1.50 bits per heavy atom. The maximum absolute atomic E-state index is 11.3. The molecule has 70 valence electrons. The van der Waals surface area contributed by atoms with Gasteiger partial charge >= 0.3 is 0 Å². The Bertz CT molecular complexity index is 171. The van der Waals surface area contributed by atoms with Gasteiger partial charge in [0.1, 0.15) is 0 Å². The van der Waals surface area contributed by atoms with Crippen LogP contribution in [0.1, 0.15) is 20.3 Å². The van der Waals surface area contributed by atoms with Crippen molar-refractivity contribution in [2.24, 2.45) is 5.73 Å². The summed E-state index contributed by atoms with van der Waals surface area (Å²) in [6.45, 7) is 5.19. The summed E-state index contributed by atoms with van der Waals surface area (Å²) >= 11 is 0. The van der Waals surface area contributed by atoms with Crippen LogP contribution in [0, 0.1) is 0 Å².